The zero-order valence-corrected chi connectivity index (χ0v) is 11.0. The predicted molar refractivity (Wildman–Crippen MR) is 73.5 cm³/mol. The van der Waals surface area contributed by atoms with Gasteiger partial charge in [0.2, 0.25) is 0 Å². The van der Waals surface area contributed by atoms with Crippen molar-refractivity contribution in [2.45, 2.75) is 19.3 Å². The van der Waals surface area contributed by atoms with Gasteiger partial charge in [-0.25, -0.2) is 0 Å². The minimum Gasteiger partial charge on any atom is -0.303 e. The summed E-state index contributed by atoms with van der Waals surface area (Å²) in [5.74, 6) is 0. The molecule has 1 heterocycles. The van der Waals surface area contributed by atoms with E-state index in [2.05, 4.69) is 45.8 Å². The third kappa shape index (κ3) is 2.40. The van der Waals surface area contributed by atoms with Crippen LogP contribution in [0.3, 0.4) is 0 Å². The van der Waals surface area contributed by atoms with E-state index in [0.29, 0.717) is 6.42 Å². The average Bonchev–Trinajstić information content (AvgIpc) is 2.33. The molecule has 3 heteroatoms. The molecule has 0 spiro atoms. The summed E-state index contributed by atoms with van der Waals surface area (Å²) in [6.45, 7) is 0. The molecule has 0 unspecified atom stereocenters. The molecule has 82 valence electrons. The van der Waals surface area contributed by atoms with Gasteiger partial charge in [0.15, 0.2) is 0 Å². The molecule has 0 saturated carbocycles. The molecule has 0 N–H and O–H groups in total. The van der Waals surface area contributed by atoms with Crippen LogP contribution < -0.4 is 0 Å². The van der Waals surface area contributed by atoms with Crippen LogP contribution in [0.25, 0.3) is 10.9 Å². The number of unbranched alkanes of at least 4 members (excludes halogenated alkanes) is 1. The third-order valence-corrected chi connectivity index (χ3v) is 3.51. The number of aromatic nitrogens is 1. The first-order chi connectivity index (χ1) is 7.83. The van der Waals surface area contributed by atoms with Gasteiger partial charge in [0, 0.05) is 21.6 Å². The lowest BCUT2D eigenvalue weighted by molar-refractivity contribution is -0.107. The summed E-state index contributed by atoms with van der Waals surface area (Å²) >= 11 is 2.32. The van der Waals surface area contributed by atoms with Gasteiger partial charge in [-0.05, 0) is 53.1 Å². The number of aldehydes is 1. The highest BCUT2D eigenvalue weighted by molar-refractivity contribution is 14.1. The topological polar surface area (TPSA) is 30.0 Å². The van der Waals surface area contributed by atoms with Crippen LogP contribution in [-0.4, -0.2) is 11.3 Å². The smallest absolute Gasteiger partial charge is 0.120 e. The summed E-state index contributed by atoms with van der Waals surface area (Å²) in [4.78, 5) is 14.7. The highest BCUT2D eigenvalue weighted by atomic mass is 127. The lowest BCUT2D eigenvalue weighted by Gasteiger charge is -2.06. The molecule has 0 fully saturated rings. The number of aryl methyl sites for hydroxylation is 1. The Morgan fingerprint density at radius 1 is 1.31 bits per heavy atom. The van der Waals surface area contributed by atoms with E-state index in [-0.39, 0.29) is 0 Å². The number of benzene rings is 1. The highest BCUT2D eigenvalue weighted by Gasteiger charge is 2.04. The standard InChI is InChI=1S/C13H12INO/c14-12-7-6-10(4-1-2-9-16)13-11(12)5-3-8-15-13/h3,5-9H,1-2,4H2. The summed E-state index contributed by atoms with van der Waals surface area (Å²) < 4.78 is 1.22. The van der Waals surface area contributed by atoms with Crippen molar-refractivity contribution in [3.05, 3.63) is 39.6 Å². The van der Waals surface area contributed by atoms with Gasteiger partial charge in [0.1, 0.15) is 6.29 Å². The van der Waals surface area contributed by atoms with Crippen molar-refractivity contribution in [1.29, 1.82) is 0 Å². The molecule has 1 aromatic heterocycles. The van der Waals surface area contributed by atoms with Gasteiger partial charge in [-0.1, -0.05) is 12.1 Å². The van der Waals surface area contributed by atoms with Crippen molar-refractivity contribution < 1.29 is 4.79 Å². The number of pyridine rings is 1. The molecule has 0 aliphatic carbocycles. The molecular formula is C13H12INO. The Morgan fingerprint density at radius 2 is 2.19 bits per heavy atom. The molecule has 2 rings (SSSR count). The van der Waals surface area contributed by atoms with Gasteiger partial charge in [-0.3, -0.25) is 4.98 Å². The maximum absolute atomic E-state index is 10.3. The molecule has 2 nitrogen and oxygen atoms in total. The van der Waals surface area contributed by atoms with Gasteiger partial charge in [-0.15, -0.1) is 0 Å². The van der Waals surface area contributed by atoms with Crippen LogP contribution in [0.15, 0.2) is 30.5 Å². The number of rotatable bonds is 4. The normalized spacial score (nSPS) is 10.6. The van der Waals surface area contributed by atoms with Crippen molar-refractivity contribution in [3.8, 4) is 0 Å². The quantitative estimate of drug-likeness (QED) is 0.490. The van der Waals surface area contributed by atoms with E-state index in [4.69, 9.17) is 0 Å². The monoisotopic (exact) mass is 325 g/mol. The molecule has 0 radical (unpaired) electrons. The first-order valence-corrected chi connectivity index (χ1v) is 6.36. The second-order valence-electron chi connectivity index (χ2n) is 3.66. The molecule has 0 bridgehead atoms. The first-order valence-electron chi connectivity index (χ1n) is 5.28. The maximum atomic E-state index is 10.3. The van der Waals surface area contributed by atoms with Crippen molar-refractivity contribution in [1.82, 2.24) is 4.98 Å². The largest absolute Gasteiger partial charge is 0.303 e. The van der Waals surface area contributed by atoms with Gasteiger partial charge >= 0.3 is 0 Å². The SMILES string of the molecule is O=CCCCc1ccc(I)c2cccnc12. The zero-order valence-electron chi connectivity index (χ0n) is 8.82. The summed E-state index contributed by atoms with van der Waals surface area (Å²) in [5, 5.41) is 1.20. The Kier molecular flexibility index (Phi) is 3.88. The molecule has 0 amide bonds. The Morgan fingerprint density at radius 3 is 3.00 bits per heavy atom. The summed E-state index contributed by atoms with van der Waals surface area (Å²) in [6, 6.07) is 8.27. The third-order valence-electron chi connectivity index (χ3n) is 2.57. The van der Waals surface area contributed by atoms with E-state index >= 15 is 0 Å². The Balaban J connectivity index is 2.38. The van der Waals surface area contributed by atoms with E-state index in [9.17, 15) is 4.79 Å². The number of hydrogen-bond acceptors (Lipinski definition) is 2. The van der Waals surface area contributed by atoms with E-state index in [1.165, 1.54) is 14.5 Å². The van der Waals surface area contributed by atoms with Crippen molar-refractivity contribution in [2.75, 3.05) is 0 Å². The minimum absolute atomic E-state index is 0.625. The first kappa shape index (κ1) is 11.5. The number of hydrogen-bond donors (Lipinski definition) is 0. The molecule has 0 aliphatic rings. The number of carbonyl (C=O) groups is 1. The number of carbonyl (C=O) groups excluding carboxylic acids is 1. The average molecular weight is 325 g/mol. The summed E-state index contributed by atoms with van der Waals surface area (Å²) in [6.07, 6.45) is 5.24. The van der Waals surface area contributed by atoms with Crippen molar-refractivity contribution in [3.63, 3.8) is 0 Å². The van der Waals surface area contributed by atoms with E-state index in [1.807, 2.05) is 12.3 Å². The van der Waals surface area contributed by atoms with Crippen molar-refractivity contribution in [2.24, 2.45) is 0 Å². The fraction of sp³-hybridized carbons (Fsp3) is 0.231. The fourth-order valence-corrected chi connectivity index (χ4v) is 2.39. The molecule has 0 aliphatic heterocycles. The molecule has 16 heavy (non-hydrogen) atoms. The van der Waals surface area contributed by atoms with Gasteiger partial charge < -0.3 is 4.79 Å². The van der Waals surface area contributed by atoms with E-state index in [1.54, 1.807) is 0 Å². The van der Waals surface area contributed by atoms with E-state index in [0.717, 1.165) is 24.6 Å². The van der Waals surface area contributed by atoms with Gasteiger partial charge in [0.05, 0.1) is 5.52 Å². The summed E-state index contributed by atoms with van der Waals surface area (Å²) in [5.41, 5.74) is 2.30. The van der Waals surface area contributed by atoms with Gasteiger partial charge in [0.25, 0.3) is 0 Å². The van der Waals surface area contributed by atoms with Crippen LogP contribution in [0.5, 0.6) is 0 Å². The van der Waals surface area contributed by atoms with Crippen LogP contribution >= 0.6 is 22.6 Å². The lowest BCUT2D eigenvalue weighted by Crippen LogP contribution is -1.92. The molecule has 1 aromatic carbocycles. The zero-order chi connectivity index (χ0) is 11.4. The fourth-order valence-electron chi connectivity index (χ4n) is 1.77. The second kappa shape index (κ2) is 5.39. The van der Waals surface area contributed by atoms with Crippen LogP contribution in [0.4, 0.5) is 0 Å². The molecule has 0 atom stereocenters. The van der Waals surface area contributed by atoms with Crippen LogP contribution in [0.2, 0.25) is 0 Å². The predicted octanol–water partition coefficient (Wildman–Crippen LogP) is 3.36. The maximum Gasteiger partial charge on any atom is 0.120 e. The second-order valence-corrected chi connectivity index (χ2v) is 4.83. The lowest BCUT2D eigenvalue weighted by atomic mass is 10.0. The molecule has 0 saturated heterocycles. The number of fused-ring (bicyclic) bond motifs is 1. The molecular weight excluding hydrogens is 313 g/mol. The van der Waals surface area contributed by atoms with Crippen LogP contribution in [-0.2, 0) is 11.2 Å². The van der Waals surface area contributed by atoms with Crippen LogP contribution in [0, 0.1) is 3.57 Å². The Hall–Kier alpha value is -0.970. The summed E-state index contributed by atoms with van der Waals surface area (Å²) in [7, 11) is 0. The van der Waals surface area contributed by atoms with Crippen LogP contribution in [0.1, 0.15) is 18.4 Å². The Labute approximate surface area is 108 Å². The Bertz CT molecular complexity index is 510. The number of halogens is 1. The number of nitrogens with zero attached hydrogens (tertiary/aromatic N) is 1. The van der Waals surface area contributed by atoms with Gasteiger partial charge in [-0.2, -0.15) is 0 Å². The highest BCUT2D eigenvalue weighted by Crippen LogP contribution is 2.23. The molecule has 2 aromatic rings. The van der Waals surface area contributed by atoms with Crippen molar-refractivity contribution >= 4 is 39.8 Å². The minimum atomic E-state index is 0.625. The van der Waals surface area contributed by atoms with E-state index < -0.39 is 0 Å².